The van der Waals surface area contributed by atoms with Crippen LogP contribution in [0.4, 0.5) is 0 Å². The van der Waals surface area contributed by atoms with E-state index < -0.39 is 16.9 Å². The van der Waals surface area contributed by atoms with Crippen LogP contribution in [0, 0.1) is 5.41 Å². The lowest BCUT2D eigenvalue weighted by atomic mass is 9.74. The first-order valence-electron chi connectivity index (χ1n) is 6.94. The zero-order valence-corrected chi connectivity index (χ0v) is 12.4. The maximum absolute atomic E-state index is 11.8. The molecule has 1 aliphatic carbocycles. The highest BCUT2D eigenvalue weighted by atomic mass is 16.4. The van der Waals surface area contributed by atoms with Crippen molar-refractivity contribution in [3.05, 3.63) is 0 Å². The summed E-state index contributed by atoms with van der Waals surface area (Å²) in [7, 11) is 0. The number of nitrogens with one attached hydrogen (secondary N) is 2. The summed E-state index contributed by atoms with van der Waals surface area (Å²) < 4.78 is 0. The molecule has 3 N–H and O–H groups in total. The second-order valence-corrected chi connectivity index (χ2v) is 6.46. The third kappa shape index (κ3) is 3.93. The van der Waals surface area contributed by atoms with E-state index in [1.54, 1.807) is 13.8 Å². The maximum Gasteiger partial charge on any atom is 0.310 e. The minimum absolute atomic E-state index is 0.0545. The number of carbonyl (C=O) groups excluding carboxylic acids is 1. The van der Waals surface area contributed by atoms with Crippen LogP contribution in [0.25, 0.3) is 0 Å². The number of carboxylic acid groups (broad SMARTS) is 1. The van der Waals surface area contributed by atoms with Crippen LogP contribution in [-0.2, 0) is 9.59 Å². The minimum atomic E-state index is -0.944. The van der Waals surface area contributed by atoms with Gasteiger partial charge in [0.1, 0.15) is 0 Å². The molecule has 1 saturated carbocycles. The smallest absolute Gasteiger partial charge is 0.310 e. The fourth-order valence-electron chi connectivity index (χ4n) is 2.14. The van der Waals surface area contributed by atoms with Crippen molar-refractivity contribution in [2.24, 2.45) is 5.41 Å². The first-order chi connectivity index (χ1) is 8.67. The molecule has 0 heterocycles. The topological polar surface area (TPSA) is 78.4 Å². The normalized spacial score (nSPS) is 17.5. The van der Waals surface area contributed by atoms with Crippen LogP contribution in [0.3, 0.4) is 0 Å². The van der Waals surface area contributed by atoms with Crippen molar-refractivity contribution in [3.8, 4) is 0 Å². The Morgan fingerprint density at radius 3 is 2.16 bits per heavy atom. The molecule has 0 atom stereocenters. The van der Waals surface area contributed by atoms with Crippen LogP contribution in [-0.4, -0.2) is 35.1 Å². The van der Waals surface area contributed by atoms with E-state index in [1.807, 2.05) is 13.8 Å². The van der Waals surface area contributed by atoms with E-state index in [0.717, 1.165) is 12.8 Å². The number of amides is 1. The lowest BCUT2D eigenvalue weighted by Gasteiger charge is -2.39. The molecule has 5 heteroatoms. The number of hydrogen-bond acceptors (Lipinski definition) is 3. The van der Waals surface area contributed by atoms with Gasteiger partial charge >= 0.3 is 5.97 Å². The summed E-state index contributed by atoms with van der Waals surface area (Å²) in [5, 5.41) is 15.3. The molecule has 0 saturated heterocycles. The predicted molar refractivity (Wildman–Crippen MR) is 73.9 cm³/mol. The van der Waals surface area contributed by atoms with Crippen LogP contribution in [0.1, 0.15) is 53.4 Å². The Balaban J connectivity index is 2.45. The summed E-state index contributed by atoms with van der Waals surface area (Å²) in [6.45, 7) is 7.10. The molecule has 110 valence electrons. The van der Waals surface area contributed by atoms with Gasteiger partial charge in [0.2, 0.25) is 5.91 Å². The molecule has 0 bridgehead atoms. The summed E-state index contributed by atoms with van der Waals surface area (Å²) >= 11 is 0. The zero-order chi connectivity index (χ0) is 14.7. The van der Waals surface area contributed by atoms with E-state index >= 15 is 0 Å². The summed E-state index contributed by atoms with van der Waals surface area (Å²) in [5.41, 5.74) is -1.60. The SMILES string of the molecule is CC(C)(NCC(=O)NC1CCCC1)C(C)(C)C(=O)O. The highest BCUT2D eigenvalue weighted by Crippen LogP contribution is 2.30. The van der Waals surface area contributed by atoms with Gasteiger partial charge in [-0.2, -0.15) is 0 Å². The molecule has 0 aromatic rings. The second kappa shape index (κ2) is 5.90. The highest BCUT2D eigenvalue weighted by molar-refractivity contribution is 5.79. The van der Waals surface area contributed by atoms with Crippen molar-refractivity contribution in [3.63, 3.8) is 0 Å². The molecule has 0 unspecified atom stereocenters. The third-order valence-corrected chi connectivity index (χ3v) is 4.51. The van der Waals surface area contributed by atoms with Gasteiger partial charge in [-0.05, 0) is 40.5 Å². The van der Waals surface area contributed by atoms with Gasteiger partial charge < -0.3 is 15.7 Å². The van der Waals surface area contributed by atoms with Crippen molar-refractivity contribution >= 4 is 11.9 Å². The van der Waals surface area contributed by atoms with E-state index in [2.05, 4.69) is 10.6 Å². The highest BCUT2D eigenvalue weighted by Gasteiger charge is 2.43. The summed E-state index contributed by atoms with van der Waals surface area (Å²) in [4.78, 5) is 23.1. The Kier molecular flexibility index (Phi) is 4.96. The lowest BCUT2D eigenvalue weighted by molar-refractivity contribution is -0.151. The Labute approximate surface area is 115 Å². The second-order valence-electron chi connectivity index (χ2n) is 6.46. The lowest BCUT2D eigenvalue weighted by Crippen LogP contribution is -2.57. The number of rotatable bonds is 6. The summed E-state index contributed by atoms with van der Waals surface area (Å²) in [6.07, 6.45) is 4.46. The van der Waals surface area contributed by atoms with Gasteiger partial charge in [0.15, 0.2) is 0 Å². The van der Waals surface area contributed by atoms with Gasteiger partial charge in [-0.25, -0.2) is 0 Å². The van der Waals surface area contributed by atoms with Crippen molar-refractivity contribution in [2.45, 2.75) is 65.0 Å². The van der Waals surface area contributed by atoms with Crippen LogP contribution in [0.5, 0.6) is 0 Å². The molecule has 0 aliphatic heterocycles. The van der Waals surface area contributed by atoms with Gasteiger partial charge in [-0.15, -0.1) is 0 Å². The Morgan fingerprint density at radius 2 is 1.68 bits per heavy atom. The molecule has 0 aromatic heterocycles. The first kappa shape index (κ1) is 16.0. The number of carbonyl (C=O) groups is 2. The molecular weight excluding hydrogens is 244 g/mol. The van der Waals surface area contributed by atoms with Crippen LogP contribution >= 0.6 is 0 Å². The van der Waals surface area contributed by atoms with Gasteiger partial charge in [0, 0.05) is 11.6 Å². The van der Waals surface area contributed by atoms with Crippen LogP contribution < -0.4 is 10.6 Å². The number of hydrogen-bond donors (Lipinski definition) is 3. The Bertz CT molecular complexity index is 345. The van der Waals surface area contributed by atoms with E-state index in [0.29, 0.717) is 6.04 Å². The number of aliphatic carboxylic acids is 1. The maximum atomic E-state index is 11.8. The summed E-state index contributed by atoms with van der Waals surface area (Å²) in [6, 6.07) is 0.296. The van der Waals surface area contributed by atoms with Gasteiger partial charge in [0.25, 0.3) is 0 Å². The van der Waals surface area contributed by atoms with E-state index in [-0.39, 0.29) is 12.5 Å². The average molecular weight is 270 g/mol. The first-order valence-corrected chi connectivity index (χ1v) is 6.94. The largest absolute Gasteiger partial charge is 0.481 e. The van der Waals surface area contributed by atoms with Gasteiger partial charge in [-0.3, -0.25) is 9.59 Å². The fraction of sp³-hybridized carbons (Fsp3) is 0.857. The van der Waals surface area contributed by atoms with E-state index in [4.69, 9.17) is 0 Å². The molecule has 1 fully saturated rings. The van der Waals surface area contributed by atoms with Crippen LogP contribution in [0.2, 0.25) is 0 Å². The van der Waals surface area contributed by atoms with E-state index in [1.165, 1.54) is 12.8 Å². The third-order valence-electron chi connectivity index (χ3n) is 4.51. The molecule has 1 aliphatic rings. The minimum Gasteiger partial charge on any atom is -0.481 e. The molecule has 0 aromatic carbocycles. The quantitative estimate of drug-likeness (QED) is 0.684. The Morgan fingerprint density at radius 1 is 1.16 bits per heavy atom. The van der Waals surface area contributed by atoms with Crippen molar-refractivity contribution < 1.29 is 14.7 Å². The van der Waals surface area contributed by atoms with Crippen molar-refractivity contribution in [1.29, 1.82) is 0 Å². The van der Waals surface area contributed by atoms with Crippen LogP contribution in [0.15, 0.2) is 0 Å². The van der Waals surface area contributed by atoms with Gasteiger partial charge in [0.05, 0.1) is 12.0 Å². The molecule has 19 heavy (non-hydrogen) atoms. The van der Waals surface area contributed by atoms with Crippen molar-refractivity contribution in [2.75, 3.05) is 6.54 Å². The molecule has 1 rings (SSSR count). The molecular formula is C14H26N2O3. The molecule has 1 amide bonds. The van der Waals surface area contributed by atoms with E-state index in [9.17, 15) is 14.7 Å². The van der Waals surface area contributed by atoms with Gasteiger partial charge in [-0.1, -0.05) is 12.8 Å². The zero-order valence-electron chi connectivity index (χ0n) is 12.4. The fourth-order valence-corrected chi connectivity index (χ4v) is 2.14. The standard InChI is InChI=1S/C14H26N2O3/c1-13(2,12(18)19)14(3,4)15-9-11(17)16-10-7-5-6-8-10/h10,15H,5-9H2,1-4H3,(H,16,17)(H,18,19). The average Bonchev–Trinajstić information content (AvgIpc) is 2.78. The molecule has 5 nitrogen and oxygen atoms in total. The summed E-state index contributed by atoms with van der Waals surface area (Å²) in [5.74, 6) is -0.928. The molecule has 0 radical (unpaired) electrons. The number of carboxylic acids is 1. The molecule has 0 spiro atoms. The predicted octanol–water partition coefficient (Wildman–Crippen LogP) is 1.52. The monoisotopic (exact) mass is 270 g/mol. The van der Waals surface area contributed by atoms with Crippen molar-refractivity contribution in [1.82, 2.24) is 10.6 Å². The Hall–Kier alpha value is -1.10.